The van der Waals surface area contributed by atoms with Crippen molar-refractivity contribution < 1.29 is 0 Å². The molecule has 0 saturated heterocycles. The smallest absolute Gasteiger partial charge is 0.252 e. The molecule has 0 radical (unpaired) electrons. The van der Waals surface area contributed by atoms with Gasteiger partial charge in [0.1, 0.15) is 0 Å². The Hall–Kier alpha value is -9.38. The van der Waals surface area contributed by atoms with Gasteiger partial charge in [0.25, 0.3) is 6.71 Å². The van der Waals surface area contributed by atoms with Crippen LogP contribution in [0.1, 0.15) is 0 Å². The van der Waals surface area contributed by atoms with Crippen molar-refractivity contribution in [1.82, 2.24) is 13.7 Å². The highest BCUT2D eigenvalue weighted by Crippen LogP contribution is 2.51. The monoisotopic (exact) mass is 907 g/mol. The van der Waals surface area contributed by atoms with E-state index in [-0.39, 0.29) is 6.71 Å². The van der Waals surface area contributed by atoms with Gasteiger partial charge >= 0.3 is 0 Å². The number of para-hydroxylation sites is 1. The molecule has 15 aromatic rings. The highest BCUT2D eigenvalue weighted by atomic mass is 15.1. The third kappa shape index (κ3) is 4.55. The first-order valence-corrected chi connectivity index (χ1v) is 25.2. The highest BCUT2D eigenvalue weighted by Gasteiger charge is 2.43. The van der Waals surface area contributed by atoms with E-state index in [1.54, 1.807) is 0 Å². The molecule has 0 N–H and O–H groups in total. The molecule has 3 aliphatic rings. The van der Waals surface area contributed by atoms with E-state index < -0.39 is 0 Å². The predicted octanol–water partition coefficient (Wildman–Crippen LogP) is 15.4. The molecule has 72 heavy (non-hydrogen) atoms. The van der Waals surface area contributed by atoms with E-state index in [1.165, 1.54) is 159 Å². The largest absolute Gasteiger partial charge is 0.310 e. The fourth-order valence-electron chi connectivity index (χ4n) is 14.1. The van der Waals surface area contributed by atoms with Crippen molar-refractivity contribution >= 4 is 110 Å². The van der Waals surface area contributed by atoms with Gasteiger partial charge in [0.15, 0.2) is 0 Å². The number of hydrogen-bond donors (Lipinski definition) is 0. The number of fused-ring (bicyclic) bond motifs is 16. The van der Waals surface area contributed by atoms with Crippen molar-refractivity contribution in [3.63, 3.8) is 0 Å². The van der Waals surface area contributed by atoms with Crippen molar-refractivity contribution in [2.24, 2.45) is 0 Å². The molecule has 0 bridgehead atoms. The summed E-state index contributed by atoms with van der Waals surface area (Å²) in [4.78, 5) is 0. The zero-order chi connectivity index (χ0) is 46.5. The Labute approximate surface area is 413 Å². The molecule has 0 unspecified atom stereocenters. The Bertz CT molecular complexity index is 4970. The summed E-state index contributed by atoms with van der Waals surface area (Å²) in [5, 5.41) is 12.9. The summed E-state index contributed by atoms with van der Waals surface area (Å²) in [5.41, 5.74) is 25.2. The van der Waals surface area contributed by atoms with Crippen LogP contribution in [0.15, 0.2) is 231 Å². The first-order chi connectivity index (χ1) is 35.7. The van der Waals surface area contributed by atoms with Gasteiger partial charge in [-0.15, -0.1) is 0 Å². The third-order valence-electron chi connectivity index (χ3n) is 16.9. The molecule has 2 aliphatic heterocycles. The lowest BCUT2D eigenvalue weighted by molar-refractivity contribution is 1.10. The minimum Gasteiger partial charge on any atom is -0.310 e. The Morgan fingerprint density at radius 1 is 0.278 bits per heavy atom. The van der Waals surface area contributed by atoms with Crippen LogP contribution in [0, 0.1) is 0 Å². The van der Waals surface area contributed by atoms with Gasteiger partial charge < -0.3 is 13.7 Å². The summed E-state index contributed by atoms with van der Waals surface area (Å²) in [6.45, 7) is -0.0540. The van der Waals surface area contributed by atoms with Crippen molar-refractivity contribution in [1.29, 1.82) is 0 Å². The highest BCUT2D eigenvalue weighted by molar-refractivity contribution is 7.00. The van der Waals surface area contributed by atoms with E-state index in [9.17, 15) is 0 Å². The Kier molecular flexibility index (Phi) is 6.92. The van der Waals surface area contributed by atoms with Crippen LogP contribution in [-0.2, 0) is 0 Å². The first kappa shape index (κ1) is 37.5. The van der Waals surface area contributed by atoms with Crippen LogP contribution in [0.5, 0.6) is 0 Å². The van der Waals surface area contributed by atoms with Crippen LogP contribution in [-0.4, -0.2) is 20.4 Å². The molecular formula is C68H38BN3. The molecule has 3 nitrogen and oxygen atoms in total. The molecule has 3 aromatic heterocycles. The van der Waals surface area contributed by atoms with Crippen molar-refractivity contribution in [3.05, 3.63) is 231 Å². The lowest BCUT2D eigenvalue weighted by Crippen LogP contribution is -2.59. The third-order valence-corrected chi connectivity index (χ3v) is 16.9. The maximum absolute atomic E-state index is 2.68. The zero-order valence-electron chi connectivity index (χ0n) is 38.9. The Morgan fingerprint density at radius 3 is 1.65 bits per heavy atom. The van der Waals surface area contributed by atoms with Gasteiger partial charge in [0, 0.05) is 49.2 Å². The molecule has 328 valence electrons. The van der Waals surface area contributed by atoms with Gasteiger partial charge in [0.2, 0.25) is 0 Å². The molecule has 0 amide bonds. The normalized spacial score (nSPS) is 13.0. The van der Waals surface area contributed by atoms with Crippen LogP contribution >= 0.6 is 0 Å². The summed E-state index contributed by atoms with van der Waals surface area (Å²) < 4.78 is 7.87. The molecule has 18 rings (SSSR count). The lowest BCUT2D eigenvalue weighted by atomic mass is 9.34. The van der Waals surface area contributed by atoms with Gasteiger partial charge in [-0.25, -0.2) is 0 Å². The summed E-state index contributed by atoms with van der Waals surface area (Å²) >= 11 is 0. The minimum atomic E-state index is -0.0540. The molecule has 5 heterocycles. The average molecular weight is 908 g/mol. The number of benzene rings is 12. The fourth-order valence-corrected chi connectivity index (χ4v) is 14.1. The van der Waals surface area contributed by atoms with Crippen molar-refractivity contribution in [2.75, 3.05) is 0 Å². The van der Waals surface area contributed by atoms with E-state index >= 15 is 0 Å². The van der Waals surface area contributed by atoms with Crippen LogP contribution in [0.4, 0.5) is 0 Å². The van der Waals surface area contributed by atoms with E-state index in [2.05, 4.69) is 244 Å². The standard InChI is InChI=1S/C68H38BN3/c1-3-15-39(16-4-1)42-30-31-57-52(33-42)53-34-44(40-17-5-2-6-18-40)36-54-67(53)71(57)60-37-45(70-56-27-12-11-24-51(56)63-46-21-8-7-19-41(46)29-32-59(63)70)38-61-66(60)69(54)55-35-43-20-13-25-49-47-22-9-10-23-48(47)50-26-14-28-58-64(50)65(62(43)49)68(55)72(58)61/h1-38H. The first-order valence-electron chi connectivity index (χ1n) is 25.2. The topological polar surface area (TPSA) is 14.8 Å². The molecular weight excluding hydrogens is 870 g/mol. The van der Waals surface area contributed by atoms with Crippen LogP contribution < -0.4 is 16.4 Å². The van der Waals surface area contributed by atoms with Gasteiger partial charge in [-0.1, -0.05) is 182 Å². The van der Waals surface area contributed by atoms with Gasteiger partial charge in [-0.05, 0) is 131 Å². The minimum absolute atomic E-state index is 0.0540. The SMILES string of the molecule is c1ccc(-c2ccc3c(c2)c2cc(-c4ccccc4)cc4c2n3-c2cc(-n3c5ccccc5c5c6ccccc6ccc53)cc3c2B4c2cc4cccc5c4c4c6c(cccc6n-3c24)-c2ccccc2-5)cc1. The number of rotatable bonds is 3. The maximum atomic E-state index is 2.68. The number of hydrogen-bond acceptors (Lipinski definition) is 0. The summed E-state index contributed by atoms with van der Waals surface area (Å²) in [6, 6.07) is 87.4. The summed E-state index contributed by atoms with van der Waals surface area (Å²) in [7, 11) is 0. The number of nitrogens with zero attached hydrogens (tertiary/aromatic N) is 3. The van der Waals surface area contributed by atoms with Crippen molar-refractivity contribution in [3.8, 4) is 61.6 Å². The number of aromatic nitrogens is 3. The van der Waals surface area contributed by atoms with E-state index in [1.807, 2.05) is 0 Å². The van der Waals surface area contributed by atoms with Gasteiger partial charge in [-0.3, -0.25) is 0 Å². The molecule has 0 fully saturated rings. The fraction of sp³-hybridized carbons (Fsp3) is 0. The molecule has 0 atom stereocenters. The molecule has 12 aromatic carbocycles. The second-order valence-electron chi connectivity index (χ2n) is 20.3. The van der Waals surface area contributed by atoms with Gasteiger partial charge in [0.05, 0.1) is 33.3 Å². The lowest BCUT2D eigenvalue weighted by Gasteiger charge is -2.35. The summed E-state index contributed by atoms with van der Waals surface area (Å²) in [5.74, 6) is 0. The average Bonchev–Trinajstić information content (AvgIpc) is 4.08. The van der Waals surface area contributed by atoms with Gasteiger partial charge in [-0.2, -0.15) is 0 Å². The quantitative estimate of drug-likeness (QED) is 0.157. The Morgan fingerprint density at radius 2 is 0.847 bits per heavy atom. The zero-order valence-corrected chi connectivity index (χ0v) is 38.9. The van der Waals surface area contributed by atoms with E-state index in [4.69, 9.17) is 0 Å². The van der Waals surface area contributed by atoms with E-state index in [0.29, 0.717) is 0 Å². The summed E-state index contributed by atoms with van der Waals surface area (Å²) in [6.07, 6.45) is 0. The van der Waals surface area contributed by atoms with Crippen LogP contribution in [0.25, 0.3) is 149 Å². The maximum Gasteiger partial charge on any atom is 0.252 e. The molecule has 1 aliphatic carbocycles. The van der Waals surface area contributed by atoms with E-state index in [0.717, 1.165) is 5.69 Å². The van der Waals surface area contributed by atoms with Crippen molar-refractivity contribution in [2.45, 2.75) is 0 Å². The Balaban J connectivity index is 1.07. The molecule has 0 saturated carbocycles. The van der Waals surface area contributed by atoms with Crippen LogP contribution in [0.2, 0.25) is 0 Å². The molecule has 4 heteroatoms. The van der Waals surface area contributed by atoms with Crippen LogP contribution in [0.3, 0.4) is 0 Å². The second kappa shape index (κ2) is 13.3. The molecule has 0 spiro atoms. The second-order valence-corrected chi connectivity index (χ2v) is 20.3. The predicted molar refractivity (Wildman–Crippen MR) is 304 cm³/mol.